The second-order valence-corrected chi connectivity index (χ2v) is 11.3. The number of halogens is 2. The van der Waals surface area contributed by atoms with Crippen molar-refractivity contribution in [2.24, 2.45) is 0 Å². The van der Waals surface area contributed by atoms with E-state index < -0.39 is 10.0 Å². The van der Waals surface area contributed by atoms with Crippen molar-refractivity contribution in [1.82, 2.24) is 14.2 Å². The molecule has 0 saturated heterocycles. The van der Waals surface area contributed by atoms with Crippen LogP contribution in [-0.4, -0.2) is 68.8 Å². The molecule has 0 bridgehead atoms. The number of carbonyl (C=O) groups is 1. The molecule has 0 aliphatic heterocycles. The van der Waals surface area contributed by atoms with Gasteiger partial charge in [0.25, 0.3) is 5.91 Å². The van der Waals surface area contributed by atoms with Crippen molar-refractivity contribution in [2.45, 2.75) is 25.7 Å². The van der Waals surface area contributed by atoms with E-state index in [1.54, 1.807) is 30.9 Å². The lowest BCUT2D eigenvalue weighted by atomic mass is 10.2. The van der Waals surface area contributed by atoms with E-state index in [9.17, 15) is 13.2 Å². The number of aromatic nitrogens is 1. The highest BCUT2D eigenvalue weighted by molar-refractivity contribution is 7.89. The predicted octanol–water partition coefficient (Wildman–Crippen LogP) is 4.92. The van der Waals surface area contributed by atoms with Crippen LogP contribution in [-0.2, 0) is 10.0 Å². The molecule has 0 spiro atoms. The number of hydrogen-bond donors (Lipinski definition) is 0. The molecule has 2 aromatic carbocycles. The molecule has 11 heteroatoms. The minimum absolute atomic E-state index is 0. The second kappa shape index (κ2) is 11.8. The topological polar surface area (TPSA) is 73.8 Å². The quantitative estimate of drug-likeness (QED) is 0.382. The van der Waals surface area contributed by atoms with Gasteiger partial charge in [0.2, 0.25) is 10.0 Å². The van der Waals surface area contributed by atoms with Crippen molar-refractivity contribution in [3.8, 4) is 0 Å². The summed E-state index contributed by atoms with van der Waals surface area (Å²) in [7, 11) is 0.300. The van der Waals surface area contributed by atoms with E-state index in [-0.39, 0.29) is 23.2 Å². The van der Waals surface area contributed by atoms with Crippen LogP contribution < -0.4 is 4.90 Å². The summed E-state index contributed by atoms with van der Waals surface area (Å²) in [6.07, 6.45) is 0. The Hall–Kier alpha value is -1.75. The van der Waals surface area contributed by atoms with E-state index in [0.29, 0.717) is 41.9 Å². The number of amides is 1. The van der Waals surface area contributed by atoms with E-state index in [1.807, 2.05) is 38.1 Å². The first-order valence-corrected chi connectivity index (χ1v) is 13.3. The summed E-state index contributed by atoms with van der Waals surface area (Å²) in [6, 6.07) is 9.83. The number of benzene rings is 2. The third-order valence-electron chi connectivity index (χ3n) is 5.33. The molecular formula is C23H30Cl2N4O3S2. The predicted molar refractivity (Wildman–Crippen MR) is 143 cm³/mol. The molecule has 0 atom stereocenters. The highest BCUT2D eigenvalue weighted by Crippen LogP contribution is 2.33. The Balaban J connectivity index is 0.00000408. The fourth-order valence-corrected chi connectivity index (χ4v) is 6.38. The zero-order valence-corrected chi connectivity index (χ0v) is 23.1. The average Bonchev–Trinajstić information content (AvgIpc) is 3.18. The fourth-order valence-electron chi connectivity index (χ4n) is 3.48. The molecule has 0 aliphatic rings. The zero-order chi connectivity index (χ0) is 24.3. The van der Waals surface area contributed by atoms with Crippen LogP contribution in [0.3, 0.4) is 0 Å². The van der Waals surface area contributed by atoms with Crippen molar-refractivity contribution >= 4 is 66.6 Å². The van der Waals surface area contributed by atoms with Gasteiger partial charge in [0.15, 0.2) is 5.13 Å². The molecule has 1 amide bonds. The van der Waals surface area contributed by atoms with Gasteiger partial charge < -0.3 is 4.90 Å². The third kappa shape index (κ3) is 6.08. The molecule has 0 fully saturated rings. The Morgan fingerprint density at radius 1 is 1.06 bits per heavy atom. The molecule has 0 saturated carbocycles. The molecule has 0 radical (unpaired) electrons. The van der Waals surface area contributed by atoms with Crippen LogP contribution in [0.1, 0.15) is 29.8 Å². The lowest BCUT2D eigenvalue weighted by Crippen LogP contribution is -2.36. The first kappa shape index (κ1) is 28.5. The number of hydrogen-bond acceptors (Lipinski definition) is 6. The van der Waals surface area contributed by atoms with E-state index in [0.717, 1.165) is 15.8 Å². The zero-order valence-electron chi connectivity index (χ0n) is 19.9. The molecular weight excluding hydrogens is 515 g/mol. The number of nitrogens with zero attached hydrogens (tertiary/aromatic N) is 4. The normalized spacial score (nSPS) is 11.8. The summed E-state index contributed by atoms with van der Waals surface area (Å²) in [6.45, 7) is 7.41. The van der Waals surface area contributed by atoms with Gasteiger partial charge >= 0.3 is 0 Å². The van der Waals surface area contributed by atoms with Crippen molar-refractivity contribution in [3.63, 3.8) is 0 Å². The number of fused-ring (bicyclic) bond motifs is 1. The monoisotopic (exact) mass is 544 g/mol. The van der Waals surface area contributed by atoms with Gasteiger partial charge in [-0.15, -0.1) is 12.4 Å². The number of rotatable bonds is 9. The summed E-state index contributed by atoms with van der Waals surface area (Å²) >= 11 is 7.62. The van der Waals surface area contributed by atoms with Gasteiger partial charge in [-0.05, 0) is 63.0 Å². The van der Waals surface area contributed by atoms with Crippen LogP contribution in [0.4, 0.5) is 5.13 Å². The van der Waals surface area contributed by atoms with Crippen LogP contribution in [0.2, 0.25) is 5.02 Å². The molecule has 186 valence electrons. The summed E-state index contributed by atoms with van der Waals surface area (Å²) in [5, 5.41) is 1.22. The fraction of sp³-hybridized carbons (Fsp3) is 0.391. The standard InChI is InChI=1S/C23H29ClN4O3S2.ClH/c1-6-27(7-2)33(30,31)19-10-8-17(9-11-19)22(29)28(13-12-26(4)5)23-25-21-16(3)14-18(24)15-20(21)32-23;/h8-11,14-15H,6-7,12-13H2,1-5H3;1H. The maximum absolute atomic E-state index is 13.5. The SMILES string of the molecule is CCN(CC)S(=O)(=O)c1ccc(C(=O)N(CCN(C)C)c2nc3c(C)cc(Cl)cc3s2)cc1.Cl. The van der Waals surface area contributed by atoms with Gasteiger partial charge in [-0.2, -0.15) is 4.31 Å². The third-order valence-corrected chi connectivity index (χ3v) is 8.64. The Bertz CT molecular complexity index is 1240. The van der Waals surface area contributed by atoms with Crippen molar-refractivity contribution in [3.05, 3.63) is 52.5 Å². The molecule has 3 rings (SSSR count). The van der Waals surface area contributed by atoms with Gasteiger partial charge in [-0.25, -0.2) is 13.4 Å². The van der Waals surface area contributed by atoms with Crippen LogP contribution in [0, 0.1) is 6.92 Å². The minimum atomic E-state index is -3.58. The Kier molecular flexibility index (Phi) is 9.88. The Labute approximate surface area is 216 Å². The average molecular weight is 546 g/mol. The maximum Gasteiger partial charge on any atom is 0.260 e. The van der Waals surface area contributed by atoms with Gasteiger partial charge in [0, 0.05) is 36.8 Å². The summed E-state index contributed by atoms with van der Waals surface area (Å²) in [4.78, 5) is 22.0. The van der Waals surface area contributed by atoms with Crippen molar-refractivity contribution in [2.75, 3.05) is 45.2 Å². The summed E-state index contributed by atoms with van der Waals surface area (Å²) < 4.78 is 27.9. The number of likely N-dealkylation sites (N-methyl/N-ethyl adjacent to an activating group) is 1. The highest BCUT2D eigenvalue weighted by Gasteiger charge is 2.25. The molecule has 1 aromatic heterocycles. The first-order valence-electron chi connectivity index (χ1n) is 10.7. The van der Waals surface area contributed by atoms with Crippen molar-refractivity contribution in [1.29, 1.82) is 0 Å². The van der Waals surface area contributed by atoms with E-state index >= 15 is 0 Å². The molecule has 1 heterocycles. The lowest BCUT2D eigenvalue weighted by Gasteiger charge is -2.22. The molecule has 0 aliphatic carbocycles. The van der Waals surface area contributed by atoms with Gasteiger partial charge in [-0.3, -0.25) is 9.69 Å². The number of carbonyl (C=O) groups excluding carboxylic acids is 1. The summed E-state index contributed by atoms with van der Waals surface area (Å²) in [5.41, 5.74) is 2.18. The smallest absolute Gasteiger partial charge is 0.260 e. The van der Waals surface area contributed by atoms with Gasteiger partial charge in [0.1, 0.15) is 0 Å². The lowest BCUT2D eigenvalue weighted by molar-refractivity contribution is 0.0985. The number of sulfonamides is 1. The molecule has 3 aromatic rings. The van der Waals surface area contributed by atoms with Crippen LogP contribution in [0.5, 0.6) is 0 Å². The van der Waals surface area contributed by atoms with E-state index in [2.05, 4.69) is 0 Å². The molecule has 34 heavy (non-hydrogen) atoms. The maximum atomic E-state index is 13.5. The first-order chi connectivity index (χ1) is 15.6. The van der Waals surface area contributed by atoms with Gasteiger partial charge in [0.05, 0.1) is 15.1 Å². The van der Waals surface area contributed by atoms with Crippen molar-refractivity contribution < 1.29 is 13.2 Å². The van der Waals surface area contributed by atoms with Crippen LogP contribution in [0.25, 0.3) is 10.2 Å². The number of aryl methyl sites for hydroxylation is 1. The van der Waals surface area contributed by atoms with Crippen LogP contribution in [0.15, 0.2) is 41.3 Å². The highest BCUT2D eigenvalue weighted by atomic mass is 35.5. The Morgan fingerprint density at radius 3 is 2.24 bits per heavy atom. The number of anilines is 1. The Morgan fingerprint density at radius 2 is 1.68 bits per heavy atom. The largest absolute Gasteiger partial charge is 0.308 e. The molecule has 7 nitrogen and oxygen atoms in total. The van der Waals surface area contributed by atoms with Crippen LogP contribution >= 0.6 is 35.3 Å². The second-order valence-electron chi connectivity index (χ2n) is 7.94. The molecule has 0 N–H and O–H groups in total. The summed E-state index contributed by atoms with van der Waals surface area (Å²) in [5.74, 6) is -0.230. The number of thiazole rings is 1. The molecule has 0 unspecified atom stereocenters. The van der Waals surface area contributed by atoms with E-state index in [1.165, 1.54) is 27.8 Å². The minimum Gasteiger partial charge on any atom is -0.308 e. The van der Waals surface area contributed by atoms with E-state index in [4.69, 9.17) is 16.6 Å². The van der Waals surface area contributed by atoms with Gasteiger partial charge in [-0.1, -0.05) is 36.8 Å².